The molecule has 0 aliphatic rings. The van der Waals surface area contributed by atoms with Crippen molar-refractivity contribution in [1.82, 2.24) is 10.9 Å². The number of nitrogens with zero attached hydrogens (tertiary/aromatic N) is 2. The van der Waals surface area contributed by atoms with Gasteiger partial charge in [-0.15, -0.1) is 0 Å². The Kier molecular flexibility index (Phi) is 3.35. The van der Waals surface area contributed by atoms with Crippen LogP contribution in [0, 0.1) is 10.1 Å². The third-order valence-corrected chi connectivity index (χ3v) is 0.556. The minimum Gasteiger partial charge on any atom is -0.363 e. The number of carbonyl (C=O) groups excluding carboxylic acids is 1. The van der Waals surface area contributed by atoms with Gasteiger partial charge < -0.3 is 5.73 Å². The molecule has 0 fully saturated rings. The molecule has 0 aromatic rings. The highest BCUT2D eigenvalue weighted by Crippen LogP contribution is 1.66. The normalized spacial score (nSPS) is 10.5. The molecule has 0 radical (unpaired) electrons. The maximum absolute atomic E-state index is 10.2. The topological polar surface area (TPSA) is 123 Å². The summed E-state index contributed by atoms with van der Waals surface area (Å²) in [4.78, 5) is 19.8. The number of rotatable bonds is 1. The van der Waals surface area contributed by atoms with Gasteiger partial charge in [-0.25, -0.2) is 10.1 Å². The summed E-state index contributed by atoms with van der Waals surface area (Å²) in [5.41, 5.74) is 8.91. The highest BCUT2D eigenvalue weighted by Gasteiger charge is 1.97. The second-order valence-corrected chi connectivity index (χ2v) is 1.53. The number of carbonyl (C=O) groups is 1. The van der Waals surface area contributed by atoms with Gasteiger partial charge in [0.05, 0.1) is 0 Å². The van der Waals surface area contributed by atoms with E-state index in [4.69, 9.17) is 5.73 Å². The molecule has 0 saturated heterocycles. The molecule has 11 heavy (non-hydrogen) atoms. The highest BCUT2D eigenvalue weighted by molar-refractivity contribution is 5.81. The van der Waals surface area contributed by atoms with Crippen LogP contribution in [0.15, 0.2) is 5.10 Å². The Hall–Kier alpha value is -1.86. The first kappa shape index (κ1) is 9.14. The number of guanidine groups is 1. The summed E-state index contributed by atoms with van der Waals surface area (Å²) in [6.45, 7) is 1.21. The van der Waals surface area contributed by atoms with Gasteiger partial charge >= 0.3 is 0 Å². The molecule has 4 N–H and O–H groups in total. The minimum atomic E-state index is -0.982. The Balaban J connectivity index is 3.77. The van der Waals surface area contributed by atoms with E-state index in [1.54, 1.807) is 0 Å². The smallest absolute Gasteiger partial charge is 0.284 e. The second-order valence-electron chi connectivity index (χ2n) is 1.53. The van der Waals surface area contributed by atoms with Crippen molar-refractivity contribution >= 4 is 11.9 Å². The number of hydrazone groups is 1. The van der Waals surface area contributed by atoms with Crippen molar-refractivity contribution in [2.45, 2.75) is 6.92 Å². The van der Waals surface area contributed by atoms with Crippen LogP contribution in [0.25, 0.3) is 0 Å². The molecule has 62 valence electrons. The summed E-state index contributed by atoms with van der Waals surface area (Å²) in [6.07, 6.45) is 0. The zero-order valence-electron chi connectivity index (χ0n) is 5.70. The fourth-order valence-corrected chi connectivity index (χ4v) is 0.265. The lowest BCUT2D eigenvalue weighted by atomic mass is 10.8. The van der Waals surface area contributed by atoms with Crippen molar-refractivity contribution in [3.63, 3.8) is 0 Å². The van der Waals surface area contributed by atoms with E-state index in [9.17, 15) is 14.9 Å². The Morgan fingerprint density at radius 3 is 2.55 bits per heavy atom. The number of hydrazine groups is 1. The number of hydrogen-bond donors (Lipinski definition) is 3. The van der Waals surface area contributed by atoms with Gasteiger partial charge in [0.1, 0.15) is 5.10 Å². The molecule has 8 heteroatoms. The van der Waals surface area contributed by atoms with Crippen LogP contribution in [0.2, 0.25) is 0 Å². The van der Waals surface area contributed by atoms with E-state index in [0.717, 1.165) is 0 Å². The average molecular weight is 161 g/mol. The number of nitrogens with two attached hydrogens (primary N) is 1. The van der Waals surface area contributed by atoms with Crippen LogP contribution in [-0.2, 0) is 4.79 Å². The Morgan fingerprint density at radius 1 is 1.64 bits per heavy atom. The molecular weight excluding hydrogens is 154 g/mol. The third kappa shape index (κ3) is 6.02. The Morgan fingerprint density at radius 2 is 2.18 bits per heavy atom. The van der Waals surface area contributed by atoms with Gasteiger partial charge in [0, 0.05) is 6.92 Å². The maximum atomic E-state index is 10.2. The van der Waals surface area contributed by atoms with E-state index >= 15 is 0 Å². The van der Waals surface area contributed by atoms with Crippen LogP contribution < -0.4 is 16.6 Å². The van der Waals surface area contributed by atoms with Crippen molar-refractivity contribution < 1.29 is 9.83 Å². The summed E-state index contributed by atoms with van der Waals surface area (Å²) < 4.78 is 0. The summed E-state index contributed by atoms with van der Waals surface area (Å²) in [6, 6.07) is 0. The third-order valence-electron chi connectivity index (χ3n) is 0.556. The SMILES string of the molecule is CC(=O)NNC(N)=N[N+](=O)[O-]. The van der Waals surface area contributed by atoms with E-state index in [2.05, 4.69) is 5.10 Å². The average Bonchev–Trinajstić information content (AvgIpc) is 1.82. The molecule has 0 rings (SSSR count). The van der Waals surface area contributed by atoms with Crippen molar-refractivity contribution in [1.29, 1.82) is 0 Å². The van der Waals surface area contributed by atoms with E-state index in [1.807, 2.05) is 10.9 Å². The van der Waals surface area contributed by atoms with E-state index in [0.29, 0.717) is 0 Å². The van der Waals surface area contributed by atoms with Gasteiger partial charge in [-0.1, -0.05) is 0 Å². The first-order chi connectivity index (χ1) is 5.02. The molecule has 1 amide bonds. The molecule has 0 atom stereocenters. The van der Waals surface area contributed by atoms with E-state index in [-0.39, 0.29) is 0 Å². The molecule has 8 nitrogen and oxygen atoms in total. The molecule has 0 aromatic carbocycles. The molecule has 0 spiro atoms. The number of hydrogen-bond acceptors (Lipinski definition) is 3. The zero-order chi connectivity index (χ0) is 8.85. The second kappa shape index (κ2) is 4.04. The molecule has 0 aliphatic carbocycles. The van der Waals surface area contributed by atoms with Crippen molar-refractivity contribution in [2.75, 3.05) is 0 Å². The summed E-state index contributed by atoms with van der Waals surface area (Å²) >= 11 is 0. The minimum absolute atomic E-state index is 0.425. The van der Waals surface area contributed by atoms with Crippen LogP contribution in [0.3, 0.4) is 0 Å². The number of nitro groups is 1. The Labute approximate surface area is 61.6 Å². The fourth-order valence-electron chi connectivity index (χ4n) is 0.265. The summed E-state index contributed by atoms with van der Waals surface area (Å²) in [5, 5.41) is 11.3. The van der Waals surface area contributed by atoms with Crippen molar-refractivity contribution in [2.24, 2.45) is 10.8 Å². The van der Waals surface area contributed by atoms with Crippen molar-refractivity contribution in [3.8, 4) is 0 Å². The predicted octanol–water partition coefficient (Wildman–Crippen LogP) is -1.87. The lowest BCUT2D eigenvalue weighted by molar-refractivity contribution is -0.485. The maximum Gasteiger partial charge on any atom is 0.284 e. The van der Waals surface area contributed by atoms with E-state index in [1.165, 1.54) is 6.92 Å². The lowest BCUT2D eigenvalue weighted by Crippen LogP contribution is -2.45. The van der Waals surface area contributed by atoms with Gasteiger partial charge in [-0.3, -0.25) is 15.6 Å². The molecule has 0 unspecified atom stereocenters. The fraction of sp³-hybridized carbons (Fsp3) is 0.333. The zero-order valence-corrected chi connectivity index (χ0v) is 5.70. The highest BCUT2D eigenvalue weighted by atomic mass is 16.7. The van der Waals surface area contributed by atoms with Gasteiger partial charge in [0.15, 0.2) is 5.03 Å². The van der Waals surface area contributed by atoms with Crippen LogP contribution in [0.5, 0.6) is 0 Å². The molecule has 0 aromatic heterocycles. The van der Waals surface area contributed by atoms with E-state index < -0.39 is 16.9 Å². The summed E-state index contributed by atoms with van der Waals surface area (Å²) in [7, 11) is 0. The van der Waals surface area contributed by atoms with Gasteiger partial charge in [0.2, 0.25) is 5.91 Å². The molecule has 0 aliphatic heterocycles. The first-order valence-corrected chi connectivity index (χ1v) is 2.53. The van der Waals surface area contributed by atoms with Crippen molar-refractivity contribution in [3.05, 3.63) is 10.1 Å². The molecule has 0 saturated carbocycles. The molecular formula is C3H7N5O3. The van der Waals surface area contributed by atoms with Gasteiger partial charge in [-0.2, -0.15) is 0 Å². The quantitative estimate of drug-likeness (QED) is 0.180. The largest absolute Gasteiger partial charge is 0.363 e. The molecule has 0 heterocycles. The predicted molar refractivity (Wildman–Crippen MR) is 35.6 cm³/mol. The van der Waals surface area contributed by atoms with Crippen LogP contribution >= 0.6 is 0 Å². The number of nitrogens with one attached hydrogen (secondary N) is 2. The van der Waals surface area contributed by atoms with Crippen LogP contribution in [0.4, 0.5) is 0 Å². The van der Waals surface area contributed by atoms with Gasteiger partial charge in [-0.05, 0) is 0 Å². The lowest BCUT2D eigenvalue weighted by Gasteiger charge is -2.00. The van der Waals surface area contributed by atoms with Crippen LogP contribution in [-0.4, -0.2) is 16.9 Å². The molecule has 0 bridgehead atoms. The van der Waals surface area contributed by atoms with Crippen LogP contribution in [0.1, 0.15) is 6.92 Å². The monoisotopic (exact) mass is 161 g/mol. The standard InChI is InChI=1S/C3H7N5O3/c1-2(9)5-6-3(4)7-8(10)11/h1H3,(H,5,9)(H3,4,6,7). The van der Waals surface area contributed by atoms with Gasteiger partial charge in [0.25, 0.3) is 5.96 Å². The number of amides is 1. The first-order valence-electron chi connectivity index (χ1n) is 2.53. The summed E-state index contributed by atoms with van der Waals surface area (Å²) in [5.74, 6) is -0.906. The Bertz CT molecular complexity index is 199.